The maximum Gasteiger partial charge on any atom is 0.248 e. The molecule has 3 aromatic rings. The minimum absolute atomic E-state index is 0.198. The fourth-order valence-electron chi connectivity index (χ4n) is 2.05. The molecule has 1 aromatic carbocycles. The summed E-state index contributed by atoms with van der Waals surface area (Å²) in [5.74, 6) is 0.774. The molecule has 2 heterocycles. The van der Waals surface area contributed by atoms with Crippen LogP contribution in [0.2, 0.25) is 0 Å². The summed E-state index contributed by atoms with van der Waals surface area (Å²) in [6.45, 7) is 0.480. The molecular formula is C14H14N4O3S. The smallest absolute Gasteiger partial charge is 0.248 e. The van der Waals surface area contributed by atoms with Crippen molar-refractivity contribution in [3.05, 3.63) is 42.2 Å². The largest absolute Gasteiger partial charge is 0.497 e. The van der Waals surface area contributed by atoms with E-state index in [2.05, 4.69) is 15.1 Å². The van der Waals surface area contributed by atoms with Crippen LogP contribution in [0.25, 0.3) is 11.0 Å². The summed E-state index contributed by atoms with van der Waals surface area (Å²) in [6.07, 6.45) is 4.17. The molecule has 7 nitrogen and oxygen atoms in total. The van der Waals surface area contributed by atoms with Gasteiger partial charge in [0.05, 0.1) is 25.2 Å². The van der Waals surface area contributed by atoms with E-state index in [0.29, 0.717) is 17.6 Å². The molecule has 0 bridgehead atoms. The molecule has 0 atom stereocenters. The third-order valence-electron chi connectivity index (χ3n) is 3.18. The van der Waals surface area contributed by atoms with Gasteiger partial charge in [-0.25, -0.2) is 18.1 Å². The highest BCUT2D eigenvalue weighted by molar-refractivity contribution is 7.90. The number of benzene rings is 1. The molecule has 0 aliphatic carbocycles. The van der Waals surface area contributed by atoms with Gasteiger partial charge in [-0.2, -0.15) is 10.1 Å². The standard InChI is InChI=1S/C14H14N4O3S/c1-21-12-5-3-10(4-6-12)9-18-13-11(8-16-18)7-15-14(17-13)22(2,19)20/h3-8H,9H2,1-2H3. The molecule has 0 aliphatic rings. The maximum absolute atomic E-state index is 11.6. The van der Waals surface area contributed by atoms with E-state index in [4.69, 9.17) is 4.74 Å². The highest BCUT2D eigenvalue weighted by Gasteiger charge is 2.14. The van der Waals surface area contributed by atoms with Crippen molar-refractivity contribution in [3.63, 3.8) is 0 Å². The number of ether oxygens (including phenoxy) is 1. The van der Waals surface area contributed by atoms with E-state index in [1.807, 2.05) is 24.3 Å². The molecule has 3 rings (SSSR count). The van der Waals surface area contributed by atoms with Crippen molar-refractivity contribution in [2.24, 2.45) is 0 Å². The summed E-state index contributed by atoms with van der Waals surface area (Å²) in [5.41, 5.74) is 1.50. The molecule has 0 unspecified atom stereocenters. The minimum Gasteiger partial charge on any atom is -0.497 e. The lowest BCUT2D eigenvalue weighted by atomic mass is 10.2. The molecule has 0 fully saturated rings. The van der Waals surface area contributed by atoms with Crippen LogP contribution in [0.1, 0.15) is 5.56 Å². The van der Waals surface area contributed by atoms with E-state index in [1.54, 1.807) is 18.0 Å². The van der Waals surface area contributed by atoms with E-state index in [1.165, 1.54) is 6.20 Å². The SMILES string of the molecule is COc1ccc(Cn2ncc3cnc(S(C)(=O)=O)nc32)cc1. The second-order valence-electron chi connectivity index (χ2n) is 4.85. The Labute approximate surface area is 127 Å². The third-order valence-corrected chi connectivity index (χ3v) is 4.04. The van der Waals surface area contributed by atoms with Gasteiger partial charge in [0.2, 0.25) is 15.0 Å². The normalized spacial score (nSPS) is 11.7. The van der Waals surface area contributed by atoms with Crippen molar-refractivity contribution in [1.29, 1.82) is 0 Å². The monoisotopic (exact) mass is 318 g/mol. The summed E-state index contributed by atoms with van der Waals surface area (Å²) >= 11 is 0. The van der Waals surface area contributed by atoms with Crippen molar-refractivity contribution in [2.75, 3.05) is 13.4 Å². The van der Waals surface area contributed by atoms with Crippen LogP contribution in [-0.2, 0) is 16.4 Å². The van der Waals surface area contributed by atoms with Gasteiger partial charge >= 0.3 is 0 Å². The van der Waals surface area contributed by atoms with Crippen molar-refractivity contribution < 1.29 is 13.2 Å². The summed E-state index contributed by atoms with van der Waals surface area (Å²) in [7, 11) is -1.84. The van der Waals surface area contributed by atoms with Crippen molar-refractivity contribution in [2.45, 2.75) is 11.7 Å². The van der Waals surface area contributed by atoms with Gasteiger partial charge in [-0.15, -0.1) is 0 Å². The minimum atomic E-state index is -3.45. The third kappa shape index (κ3) is 2.77. The van der Waals surface area contributed by atoms with Crippen molar-refractivity contribution >= 4 is 20.9 Å². The van der Waals surface area contributed by atoms with Gasteiger partial charge < -0.3 is 4.74 Å². The van der Waals surface area contributed by atoms with E-state index in [0.717, 1.165) is 17.6 Å². The first kappa shape index (κ1) is 14.5. The molecule has 0 N–H and O–H groups in total. The number of hydrogen-bond donors (Lipinski definition) is 0. The number of hydrogen-bond acceptors (Lipinski definition) is 6. The Hall–Kier alpha value is -2.48. The summed E-state index contributed by atoms with van der Waals surface area (Å²) in [6, 6.07) is 7.56. The van der Waals surface area contributed by atoms with Gasteiger partial charge in [-0.05, 0) is 17.7 Å². The highest BCUT2D eigenvalue weighted by Crippen LogP contribution is 2.16. The lowest BCUT2D eigenvalue weighted by Gasteiger charge is -2.05. The van der Waals surface area contributed by atoms with Gasteiger partial charge in [0, 0.05) is 12.5 Å². The zero-order chi connectivity index (χ0) is 15.7. The fourth-order valence-corrected chi connectivity index (χ4v) is 2.55. The molecular weight excluding hydrogens is 304 g/mol. The topological polar surface area (TPSA) is 87.0 Å². The first-order chi connectivity index (χ1) is 10.5. The number of sulfone groups is 1. The number of nitrogens with zero attached hydrogens (tertiary/aromatic N) is 4. The average Bonchev–Trinajstić information content (AvgIpc) is 2.89. The van der Waals surface area contributed by atoms with Gasteiger partial charge in [0.25, 0.3) is 0 Å². The number of methoxy groups -OCH3 is 1. The number of aromatic nitrogens is 4. The molecule has 0 saturated carbocycles. The first-order valence-electron chi connectivity index (χ1n) is 6.49. The molecule has 0 amide bonds. The Kier molecular flexibility index (Phi) is 3.53. The predicted octanol–water partition coefficient (Wildman–Crippen LogP) is 1.29. The highest BCUT2D eigenvalue weighted by atomic mass is 32.2. The van der Waals surface area contributed by atoms with Crippen molar-refractivity contribution in [3.8, 4) is 5.75 Å². The Morgan fingerprint density at radius 1 is 1.18 bits per heavy atom. The Morgan fingerprint density at radius 2 is 1.91 bits per heavy atom. The molecule has 0 saturated heterocycles. The van der Waals surface area contributed by atoms with Crippen LogP contribution in [0.15, 0.2) is 41.8 Å². The van der Waals surface area contributed by atoms with Crippen LogP contribution in [-0.4, -0.2) is 41.5 Å². The first-order valence-corrected chi connectivity index (χ1v) is 8.38. The van der Waals surface area contributed by atoms with E-state index in [9.17, 15) is 8.42 Å². The van der Waals surface area contributed by atoms with Gasteiger partial charge in [0.1, 0.15) is 5.75 Å². The van der Waals surface area contributed by atoms with Crippen LogP contribution in [0.5, 0.6) is 5.75 Å². The molecule has 22 heavy (non-hydrogen) atoms. The van der Waals surface area contributed by atoms with Gasteiger partial charge in [0.15, 0.2) is 5.65 Å². The number of fused-ring (bicyclic) bond motifs is 1. The molecule has 8 heteroatoms. The van der Waals surface area contributed by atoms with Crippen molar-refractivity contribution in [1.82, 2.24) is 19.7 Å². The lowest BCUT2D eigenvalue weighted by molar-refractivity contribution is 0.414. The molecule has 114 valence electrons. The quantitative estimate of drug-likeness (QED) is 0.674. The Balaban J connectivity index is 1.99. The summed E-state index contributed by atoms with van der Waals surface area (Å²) < 4.78 is 29.9. The van der Waals surface area contributed by atoms with Crippen LogP contribution >= 0.6 is 0 Å². The van der Waals surface area contributed by atoms with E-state index >= 15 is 0 Å². The second-order valence-corrected chi connectivity index (χ2v) is 6.76. The van der Waals surface area contributed by atoms with Crippen LogP contribution in [0, 0.1) is 0 Å². The number of rotatable bonds is 4. The van der Waals surface area contributed by atoms with E-state index < -0.39 is 9.84 Å². The van der Waals surface area contributed by atoms with Crippen LogP contribution in [0.3, 0.4) is 0 Å². The lowest BCUT2D eigenvalue weighted by Crippen LogP contribution is -2.07. The second kappa shape index (κ2) is 5.38. The predicted molar refractivity (Wildman–Crippen MR) is 80.5 cm³/mol. The van der Waals surface area contributed by atoms with Gasteiger partial charge in [-0.1, -0.05) is 12.1 Å². The average molecular weight is 318 g/mol. The molecule has 0 radical (unpaired) electrons. The Bertz CT molecular complexity index is 917. The fraction of sp³-hybridized carbons (Fsp3) is 0.214. The molecule has 0 aliphatic heterocycles. The molecule has 0 spiro atoms. The van der Waals surface area contributed by atoms with Crippen LogP contribution < -0.4 is 4.74 Å². The Morgan fingerprint density at radius 3 is 2.55 bits per heavy atom. The maximum atomic E-state index is 11.6. The zero-order valence-electron chi connectivity index (χ0n) is 12.1. The molecule has 2 aromatic heterocycles. The zero-order valence-corrected chi connectivity index (χ0v) is 12.9. The van der Waals surface area contributed by atoms with E-state index in [-0.39, 0.29) is 5.16 Å². The van der Waals surface area contributed by atoms with Gasteiger partial charge in [-0.3, -0.25) is 0 Å². The summed E-state index contributed by atoms with van der Waals surface area (Å²) in [4.78, 5) is 7.97. The van der Waals surface area contributed by atoms with Crippen LogP contribution in [0.4, 0.5) is 0 Å². The summed E-state index contributed by atoms with van der Waals surface area (Å²) in [5, 5.41) is 4.74.